The summed E-state index contributed by atoms with van der Waals surface area (Å²) in [5.74, 6) is 0.122. The third kappa shape index (κ3) is 2.65. The molecule has 0 amide bonds. The molecule has 112 valence electrons. The van der Waals surface area contributed by atoms with Crippen molar-refractivity contribution in [1.82, 2.24) is 14.3 Å². The van der Waals surface area contributed by atoms with Crippen LogP contribution in [-0.2, 0) is 0 Å². The number of piperazine rings is 1. The van der Waals surface area contributed by atoms with E-state index in [9.17, 15) is 4.79 Å². The molecule has 3 rings (SSSR count). The van der Waals surface area contributed by atoms with E-state index in [-0.39, 0.29) is 11.7 Å². The summed E-state index contributed by atoms with van der Waals surface area (Å²) in [4.78, 5) is 21.3. The molecule has 1 saturated heterocycles. The first-order valence-corrected chi connectivity index (χ1v) is 7.51. The van der Waals surface area contributed by atoms with Crippen LogP contribution in [0, 0.1) is 5.92 Å². The van der Waals surface area contributed by atoms with E-state index < -0.39 is 0 Å². The zero-order valence-corrected chi connectivity index (χ0v) is 12.9. The molecule has 2 aromatic rings. The molecular weight excluding hydrogens is 264 g/mol. The highest BCUT2D eigenvalue weighted by Crippen LogP contribution is 2.20. The lowest BCUT2D eigenvalue weighted by atomic mass is 10.1. The second-order valence-corrected chi connectivity index (χ2v) is 6.07. The number of Topliss-reactive ketones (excluding diaryl/α,β-unsaturated/α-hetero) is 1. The lowest BCUT2D eigenvalue weighted by molar-refractivity contribution is 0.0933. The molecule has 1 fully saturated rings. The van der Waals surface area contributed by atoms with E-state index >= 15 is 0 Å². The molecular formula is C16H22N4O. The van der Waals surface area contributed by atoms with Crippen LogP contribution in [-0.4, -0.2) is 53.3 Å². The first kappa shape index (κ1) is 14.1. The van der Waals surface area contributed by atoms with Gasteiger partial charge >= 0.3 is 0 Å². The van der Waals surface area contributed by atoms with Crippen molar-refractivity contribution in [1.29, 1.82) is 0 Å². The van der Waals surface area contributed by atoms with Crippen LogP contribution < -0.4 is 4.90 Å². The third-order valence-electron chi connectivity index (χ3n) is 4.14. The van der Waals surface area contributed by atoms with Crippen molar-refractivity contribution in [2.75, 3.05) is 38.1 Å². The van der Waals surface area contributed by atoms with Gasteiger partial charge in [-0.05, 0) is 13.1 Å². The van der Waals surface area contributed by atoms with Crippen molar-refractivity contribution in [3.63, 3.8) is 0 Å². The molecule has 0 N–H and O–H groups in total. The fourth-order valence-corrected chi connectivity index (χ4v) is 2.71. The van der Waals surface area contributed by atoms with Crippen molar-refractivity contribution in [2.45, 2.75) is 13.8 Å². The number of likely N-dealkylation sites (N-methyl/N-ethyl adjacent to an activating group) is 1. The fourth-order valence-electron chi connectivity index (χ4n) is 2.71. The summed E-state index contributed by atoms with van der Waals surface area (Å²) >= 11 is 0. The maximum Gasteiger partial charge on any atom is 0.183 e. The molecule has 0 bridgehead atoms. The number of aromatic nitrogens is 2. The quantitative estimate of drug-likeness (QED) is 0.808. The number of fused-ring (bicyclic) bond motifs is 1. The predicted molar refractivity (Wildman–Crippen MR) is 84.1 cm³/mol. The Balaban J connectivity index is 1.90. The third-order valence-corrected chi connectivity index (χ3v) is 4.14. The van der Waals surface area contributed by atoms with Crippen LogP contribution in [0.1, 0.15) is 24.3 Å². The Morgan fingerprint density at radius 3 is 2.62 bits per heavy atom. The lowest BCUT2D eigenvalue weighted by Crippen LogP contribution is -2.44. The fraction of sp³-hybridized carbons (Fsp3) is 0.500. The Kier molecular flexibility index (Phi) is 3.68. The number of hydrogen-bond acceptors (Lipinski definition) is 4. The summed E-state index contributed by atoms with van der Waals surface area (Å²) in [6.07, 6.45) is 3.65. The van der Waals surface area contributed by atoms with Crippen LogP contribution in [0.15, 0.2) is 24.5 Å². The first-order valence-electron chi connectivity index (χ1n) is 7.51. The second kappa shape index (κ2) is 5.48. The number of carbonyl (C=O) groups is 1. The molecule has 0 atom stereocenters. The predicted octanol–water partition coefficient (Wildman–Crippen LogP) is 1.92. The summed E-state index contributed by atoms with van der Waals surface area (Å²) in [6.45, 7) is 8.06. The number of carbonyl (C=O) groups excluding carboxylic acids is 1. The zero-order chi connectivity index (χ0) is 15.0. The van der Waals surface area contributed by atoms with Crippen molar-refractivity contribution in [2.24, 2.45) is 5.92 Å². The molecule has 0 radical (unpaired) electrons. The average Bonchev–Trinajstić information content (AvgIpc) is 2.90. The summed E-state index contributed by atoms with van der Waals surface area (Å²) in [7, 11) is 2.15. The largest absolute Gasteiger partial charge is 0.369 e. The molecule has 1 aliphatic rings. The Hall–Kier alpha value is -1.88. The van der Waals surface area contributed by atoms with Crippen LogP contribution in [0.2, 0.25) is 0 Å². The van der Waals surface area contributed by atoms with Gasteiger partial charge < -0.3 is 9.80 Å². The van der Waals surface area contributed by atoms with Crippen LogP contribution >= 0.6 is 0 Å². The number of pyridine rings is 1. The van der Waals surface area contributed by atoms with Gasteiger partial charge in [0.25, 0.3) is 0 Å². The Morgan fingerprint density at radius 1 is 1.24 bits per heavy atom. The molecule has 2 aromatic heterocycles. The number of nitrogens with zero attached hydrogens (tertiary/aromatic N) is 4. The summed E-state index contributed by atoms with van der Waals surface area (Å²) in [6, 6.07) is 4.15. The van der Waals surface area contributed by atoms with E-state index in [1.807, 2.05) is 24.4 Å². The maximum absolute atomic E-state index is 12.2. The van der Waals surface area contributed by atoms with Crippen molar-refractivity contribution in [3.8, 4) is 0 Å². The van der Waals surface area contributed by atoms with Crippen LogP contribution in [0.4, 0.5) is 5.69 Å². The Bertz CT molecular complexity index is 653. The molecule has 0 saturated carbocycles. The molecule has 5 nitrogen and oxygen atoms in total. The summed E-state index contributed by atoms with van der Waals surface area (Å²) < 4.78 is 1.89. The van der Waals surface area contributed by atoms with E-state index in [1.54, 1.807) is 6.20 Å². The van der Waals surface area contributed by atoms with Gasteiger partial charge in [-0.1, -0.05) is 13.8 Å². The molecule has 0 unspecified atom stereocenters. The Labute approximate surface area is 125 Å². The molecule has 0 aromatic carbocycles. The van der Waals surface area contributed by atoms with Gasteiger partial charge in [0.1, 0.15) is 11.3 Å². The number of hydrogen-bond donors (Lipinski definition) is 0. The maximum atomic E-state index is 12.2. The second-order valence-electron chi connectivity index (χ2n) is 6.07. The Morgan fingerprint density at radius 2 is 1.95 bits per heavy atom. The van der Waals surface area contributed by atoms with E-state index in [0.29, 0.717) is 5.69 Å². The van der Waals surface area contributed by atoms with Crippen molar-refractivity contribution < 1.29 is 4.79 Å². The van der Waals surface area contributed by atoms with Gasteiger partial charge in [-0.2, -0.15) is 0 Å². The normalized spacial score (nSPS) is 16.9. The molecule has 0 aliphatic carbocycles. The van der Waals surface area contributed by atoms with Gasteiger partial charge in [0.2, 0.25) is 0 Å². The van der Waals surface area contributed by atoms with Crippen LogP contribution in [0.25, 0.3) is 5.65 Å². The van der Waals surface area contributed by atoms with Gasteiger partial charge in [-0.3, -0.25) is 9.20 Å². The SMILES string of the molecule is CC(C)C(=O)c1cnc2cc(N3CCN(C)CC3)ccn12. The van der Waals surface area contributed by atoms with Gasteiger partial charge in [-0.15, -0.1) is 0 Å². The highest BCUT2D eigenvalue weighted by Gasteiger charge is 2.18. The van der Waals surface area contributed by atoms with Crippen LogP contribution in [0.3, 0.4) is 0 Å². The van der Waals surface area contributed by atoms with E-state index in [0.717, 1.165) is 31.8 Å². The number of imidazole rings is 1. The number of rotatable bonds is 3. The van der Waals surface area contributed by atoms with Gasteiger partial charge in [-0.25, -0.2) is 4.98 Å². The average molecular weight is 286 g/mol. The minimum atomic E-state index is -0.0118. The van der Waals surface area contributed by atoms with Crippen LogP contribution in [0.5, 0.6) is 0 Å². The molecule has 3 heterocycles. The van der Waals surface area contributed by atoms with Gasteiger partial charge in [0.05, 0.1) is 6.20 Å². The monoisotopic (exact) mass is 286 g/mol. The smallest absolute Gasteiger partial charge is 0.183 e. The first-order chi connectivity index (χ1) is 10.1. The topological polar surface area (TPSA) is 40.9 Å². The highest BCUT2D eigenvalue weighted by atomic mass is 16.1. The highest BCUT2D eigenvalue weighted by molar-refractivity contribution is 5.96. The zero-order valence-electron chi connectivity index (χ0n) is 12.9. The summed E-state index contributed by atoms with van der Waals surface area (Å²) in [5, 5.41) is 0. The van der Waals surface area contributed by atoms with E-state index in [2.05, 4.69) is 34.0 Å². The summed E-state index contributed by atoms with van der Waals surface area (Å²) in [5.41, 5.74) is 2.70. The van der Waals surface area contributed by atoms with Crippen molar-refractivity contribution in [3.05, 3.63) is 30.2 Å². The molecule has 5 heteroatoms. The molecule has 1 aliphatic heterocycles. The number of ketones is 1. The van der Waals surface area contributed by atoms with Crippen molar-refractivity contribution >= 4 is 17.1 Å². The lowest BCUT2D eigenvalue weighted by Gasteiger charge is -2.34. The minimum absolute atomic E-state index is 0.0118. The van der Waals surface area contributed by atoms with E-state index in [1.165, 1.54) is 5.69 Å². The van der Waals surface area contributed by atoms with Gasteiger partial charge in [0, 0.05) is 50.0 Å². The molecule has 0 spiro atoms. The minimum Gasteiger partial charge on any atom is -0.369 e. The van der Waals surface area contributed by atoms with E-state index in [4.69, 9.17) is 0 Å². The number of anilines is 1. The van der Waals surface area contributed by atoms with Gasteiger partial charge in [0.15, 0.2) is 5.78 Å². The standard InChI is InChI=1S/C16H22N4O/c1-12(2)16(21)14-11-17-15-10-13(4-5-20(14)15)19-8-6-18(3)7-9-19/h4-5,10-12H,6-9H2,1-3H3. The molecule has 21 heavy (non-hydrogen) atoms.